The van der Waals surface area contributed by atoms with Crippen molar-refractivity contribution in [3.05, 3.63) is 92.4 Å². The zero-order valence-electron chi connectivity index (χ0n) is 17.9. The van der Waals surface area contributed by atoms with E-state index in [0.29, 0.717) is 41.5 Å². The molecule has 6 nitrogen and oxygen atoms in total. The van der Waals surface area contributed by atoms with Gasteiger partial charge in [0.1, 0.15) is 5.82 Å². The molecule has 1 atom stereocenters. The van der Waals surface area contributed by atoms with Gasteiger partial charge < -0.3 is 5.73 Å². The molecule has 0 amide bonds. The van der Waals surface area contributed by atoms with Crippen LogP contribution in [0.5, 0.6) is 0 Å². The zero-order chi connectivity index (χ0) is 22.5. The standard InChI is InChI=1S/C24H26ClN5OS/c1-2-20(29(13-12-26)14-18-8-10-19(25)11-9-18)22-28-23-21(27-16-32-23)24(31)30(22)15-17-6-4-3-5-7-17/h3-11,16,20H,2,12-15,26H2,1H3. The van der Waals surface area contributed by atoms with Crippen molar-refractivity contribution in [2.45, 2.75) is 32.5 Å². The van der Waals surface area contributed by atoms with Gasteiger partial charge in [-0.1, -0.05) is 61.0 Å². The first-order valence-electron chi connectivity index (χ1n) is 10.7. The van der Waals surface area contributed by atoms with Gasteiger partial charge in [-0.15, -0.1) is 11.3 Å². The maximum absolute atomic E-state index is 13.4. The van der Waals surface area contributed by atoms with Crippen LogP contribution in [0.25, 0.3) is 10.3 Å². The third-order valence-electron chi connectivity index (χ3n) is 5.51. The number of benzene rings is 2. The average molecular weight is 468 g/mol. The van der Waals surface area contributed by atoms with E-state index in [0.717, 1.165) is 23.4 Å². The van der Waals surface area contributed by atoms with Crippen LogP contribution < -0.4 is 11.3 Å². The Hall–Kier alpha value is -2.58. The lowest BCUT2D eigenvalue weighted by molar-refractivity contribution is 0.176. The number of nitrogens with zero attached hydrogens (tertiary/aromatic N) is 4. The van der Waals surface area contributed by atoms with Crippen LogP contribution in [0.4, 0.5) is 0 Å². The smallest absolute Gasteiger partial charge is 0.281 e. The highest BCUT2D eigenvalue weighted by Gasteiger charge is 2.25. The van der Waals surface area contributed by atoms with Crippen LogP contribution in [0.1, 0.15) is 36.3 Å². The molecule has 4 rings (SSSR count). The molecule has 4 aromatic rings. The number of halogens is 1. The number of hydrogen-bond donors (Lipinski definition) is 1. The highest BCUT2D eigenvalue weighted by molar-refractivity contribution is 7.16. The van der Waals surface area contributed by atoms with Gasteiger partial charge in [0.05, 0.1) is 18.1 Å². The molecule has 8 heteroatoms. The molecule has 1 unspecified atom stereocenters. The SMILES string of the molecule is CCC(c1nc2scnc2c(=O)n1Cc1ccccc1)N(CCN)Cc1ccc(Cl)cc1. The van der Waals surface area contributed by atoms with Crippen LogP contribution in [0.3, 0.4) is 0 Å². The molecular weight excluding hydrogens is 442 g/mol. The van der Waals surface area contributed by atoms with Crippen LogP contribution in [-0.4, -0.2) is 32.5 Å². The Morgan fingerprint density at radius 1 is 1.12 bits per heavy atom. The van der Waals surface area contributed by atoms with Crippen LogP contribution in [0.2, 0.25) is 5.02 Å². The van der Waals surface area contributed by atoms with Crippen LogP contribution >= 0.6 is 22.9 Å². The molecule has 166 valence electrons. The lowest BCUT2D eigenvalue weighted by Gasteiger charge is -2.32. The summed E-state index contributed by atoms with van der Waals surface area (Å²) in [4.78, 5) is 25.6. The second-order valence-corrected chi connectivity index (χ2v) is 8.93. The van der Waals surface area contributed by atoms with E-state index in [2.05, 4.69) is 16.8 Å². The normalized spacial score (nSPS) is 12.5. The Morgan fingerprint density at radius 3 is 2.56 bits per heavy atom. The second-order valence-electron chi connectivity index (χ2n) is 7.66. The zero-order valence-corrected chi connectivity index (χ0v) is 19.5. The molecule has 2 N–H and O–H groups in total. The molecule has 0 radical (unpaired) electrons. The molecule has 0 saturated carbocycles. The molecule has 0 saturated heterocycles. The molecule has 32 heavy (non-hydrogen) atoms. The number of hydrogen-bond acceptors (Lipinski definition) is 6. The van der Waals surface area contributed by atoms with Gasteiger partial charge in [0.15, 0.2) is 10.3 Å². The van der Waals surface area contributed by atoms with Crippen LogP contribution in [0.15, 0.2) is 64.9 Å². The Labute approximate surface area is 196 Å². The third-order valence-corrected chi connectivity index (χ3v) is 6.48. The van der Waals surface area contributed by atoms with E-state index in [9.17, 15) is 4.79 Å². The van der Waals surface area contributed by atoms with Crippen molar-refractivity contribution in [3.63, 3.8) is 0 Å². The number of fused-ring (bicyclic) bond motifs is 1. The van der Waals surface area contributed by atoms with Crippen molar-refractivity contribution in [1.82, 2.24) is 19.4 Å². The first-order valence-corrected chi connectivity index (χ1v) is 11.9. The van der Waals surface area contributed by atoms with Crippen molar-refractivity contribution < 1.29 is 0 Å². The Bertz CT molecular complexity index is 1220. The summed E-state index contributed by atoms with van der Waals surface area (Å²) in [6, 6.07) is 17.7. The molecule has 0 aliphatic rings. The van der Waals surface area contributed by atoms with Gasteiger partial charge in [-0.05, 0) is 29.7 Å². The monoisotopic (exact) mass is 467 g/mol. The Morgan fingerprint density at radius 2 is 1.88 bits per heavy atom. The molecule has 0 aliphatic carbocycles. The average Bonchev–Trinajstić information content (AvgIpc) is 3.28. The number of thiazole rings is 1. The minimum atomic E-state index is -0.104. The van der Waals surface area contributed by atoms with E-state index < -0.39 is 0 Å². The Balaban J connectivity index is 1.79. The minimum Gasteiger partial charge on any atom is -0.329 e. The van der Waals surface area contributed by atoms with E-state index in [1.807, 2.05) is 54.6 Å². The third kappa shape index (κ3) is 4.91. The number of rotatable bonds is 9. The van der Waals surface area contributed by atoms with Crippen molar-refractivity contribution >= 4 is 33.3 Å². The summed E-state index contributed by atoms with van der Waals surface area (Å²) in [6.07, 6.45) is 0.791. The predicted octanol–water partition coefficient (Wildman–Crippen LogP) is 4.47. The van der Waals surface area contributed by atoms with E-state index in [4.69, 9.17) is 22.3 Å². The summed E-state index contributed by atoms with van der Waals surface area (Å²) in [5, 5.41) is 0.708. The van der Waals surface area contributed by atoms with Crippen LogP contribution in [-0.2, 0) is 13.1 Å². The summed E-state index contributed by atoms with van der Waals surface area (Å²) in [5.41, 5.74) is 10.2. The first-order chi connectivity index (χ1) is 15.6. The van der Waals surface area contributed by atoms with Gasteiger partial charge in [0.2, 0.25) is 0 Å². The summed E-state index contributed by atoms with van der Waals surface area (Å²) in [6.45, 7) is 4.45. The van der Waals surface area contributed by atoms with Crippen molar-refractivity contribution in [2.24, 2.45) is 5.73 Å². The number of nitrogens with two attached hydrogens (primary N) is 1. The van der Waals surface area contributed by atoms with Gasteiger partial charge in [0, 0.05) is 24.7 Å². The molecule has 0 aliphatic heterocycles. The number of aromatic nitrogens is 3. The fourth-order valence-corrected chi connectivity index (χ4v) is 4.76. The van der Waals surface area contributed by atoms with Crippen LogP contribution in [0, 0.1) is 0 Å². The highest BCUT2D eigenvalue weighted by atomic mass is 35.5. The molecule has 2 aromatic carbocycles. The largest absolute Gasteiger partial charge is 0.329 e. The fourth-order valence-electron chi connectivity index (χ4n) is 3.97. The molecule has 2 heterocycles. The molecular formula is C24H26ClN5OS. The predicted molar refractivity (Wildman–Crippen MR) is 131 cm³/mol. The summed E-state index contributed by atoms with van der Waals surface area (Å²) in [5.74, 6) is 0.750. The quantitative estimate of drug-likeness (QED) is 0.393. The maximum Gasteiger partial charge on any atom is 0.281 e. The Kier molecular flexibility index (Phi) is 7.32. The maximum atomic E-state index is 13.4. The van der Waals surface area contributed by atoms with Crippen molar-refractivity contribution in [1.29, 1.82) is 0 Å². The van der Waals surface area contributed by atoms with Gasteiger partial charge >= 0.3 is 0 Å². The van der Waals surface area contributed by atoms with E-state index in [1.54, 1.807) is 10.1 Å². The van der Waals surface area contributed by atoms with E-state index in [1.165, 1.54) is 11.3 Å². The van der Waals surface area contributed by atoms with Crippen molar-refractivity contribution in [2.75, 3.05) is 13.1 Å². The van der Waals surface area contributed by atoms with E-state index in [-0.39, 0.29) is 11.6 Å². The molecule has 0 spiro atoms. The van der Waals surface area contributed by atoms with Gasteiger partial charge in [-0.2, -0.15) is 0 Å². The molecule has 0 bridgehead atoms. The van der Waals surface area contributed by atoms with Gasteiger partial charge in [-0.3, -0.25) is 14.3 Å². The molecule has 2 aromatic heterocycles. The summed E-state index contributed by atoms with van der Waals surface area (Å²) < 4.78 is 1.77. The van der Waals surface area contributed by atoms with Crippen molar-refractivity contribution in [3.8, 4) is 0 Å². The topological polar surface area (TPSA) is 77.0 Å². The summed E-state index contributed by atoms with van der Waals surface area (Å²) >= 11 is 7.46. The lowest BCUT2D eigenvalue weighted by Crippen LogP contribution is -2.37. The van der Waals surface area contributed by atoms with E-state index >= 15 is 0 Å². The lowest BCUT2D eigenvalue weighted by atomic mass is 10.1. The van der Waals surface area contributed by atoms with Gasteiger partial charge in [0.25, 0.3) is 5.56 Å². The fraction of sp³-hybridized carbons (Fsp3) is 0.292. The summed E-state index contributed by atoms with van der Waals surface area (Å²) in [7, 11) is 0. The minimum absolute atomic E-state index is 0.0721. The first kappa shape index (κ1) is 22.6. The highest BCUT2D eigenvalue weighted by Crippen LogP contribution is 2.27. The second kappa shape index (κ2) is 10.4. The molecule has 0 fully saturated rings. The van der Waals surface area contributed by atoms with Gasteiger partial charge in [-0.25, -0.2) is 9.97 Å².